The molecule has 13 rings (SSSR count). The minimum Gasteiger partial charge on any atom is -0.313 e. The van der Waals surface area contributed by atoms with Gasteiger partial charge in [0.2, 0.25) is 0 Å². The number of aromatic nitrogens is 1. The molecule has 0 N–H and O–H groups in total. The smallest absolute Gasteiger partial charge is 0.0973 e. The van der Waals surface area contributed by atoms with Crippen molar-refractivity contribution in [2.45, 2.75) is 32.6 Å². The van der Waals surface area contributed by atoms with E-state index in [4.69, 9.17) is 0 Å². The van der Waals surface area contributed by atoms with E-state index in [0.717, 1.165) is 29.0 Å². The zero-order chi connectivity index (χ0) is 45.5. The normalized spacial score (nSPS) is 14.6. The number of hydrogen-bond acceptors (Lipinski definition) is 1. The summed E-state index contributed by atoms with van der Waals surface area (Å²) < 4.78 is 2.45. The molecule has 1 aromatic heterocycles. The molecule has 2 heteroatoms. The first-order valence-corrected chi connectivity index (χ1v) is 23.9. The Hall–Kier alpha value is -8.38. The van der Waals surface area contributed by atoms with Gasteiger partial charge in [-0.2, -0.15) is 0 Å². The van der Waals surface area contributed by atoms with E-state index in [2.05, 4.69) is 261 Å². The Balaban J connectivity index is 0.926. The molecular formula is C66H48N2. The number of fused-ring (bicyclic) bond motifs is 9. The molecule has 0 fully saturated rings. The number of anilines is 3. The van der Waals surface area contributed by atoms with Crippen LogP contribution in [-0.4, -0.2) is 4.57 Å². The summed E-state index contributed by atoms with van der Waals surface area (Å²) in [5.74, 6) is 0.292. The van der Waals surface area contributed by atoms with Crippen molar-refractivity contribution in [1.29, 1.82) is 0 Å². The van der Waals surface area contributed by atoms with E-state index >= 15 is 0 Å². The Morgan fingerprint density at radius 3 is 2.07 bits per heavy atom. The zero-order valence-electron chi connectivity index (χ0n) is 38.5. The van der Waals surface area contributed by atoms with Gasteiger partial charge in [-0.05, 0) is 151 Å². The lowest BCUT2D eigenvalue weighted by Crippen LogP contribution is -2.14. The largest absolute Gasteiger partial charge is 0.313 e. The van der Waals surface area contributed by atoms with Crippen molar-refractivity contribution in [2.24, 2.45) is 5.92 Å². The number of hydrogen-bond donors (Lipinski definition) is 0. The van der Waals surface area contributed by atoms with E-state index < -0.39 is 0 Å². The molecule has 1 heterocycles. The fourth-order valence-electron chi connectivity index (χ4n) is 11.6. The maximum atomic E-state index is 3.71. The summed E-state index contributed by atoms with van der Waals surface area (Å²) in [6.45, 7) is 7.05. The summed E-state index contributed by atoms with van der Waals surface area (Å²) in [6.07, 6.45) is 3.35. The maximum absolute atomic E-state index is 3.71. The SMILES string of the molecule is CC1Cc2c(c3ccccc3n2-c2ccccc2)C=C1c1c#cc(N(c2ccc(-c3cccc4c3ccc3ccccc34)cc2)c2cccc(-c3cccc4c3-c3ccccc3C4(C)C)c2)cc1. The molecule has 2 aliphatic carbocycles. The van der Waals surface area contributed by atoms with Gasteiger partial charge < -0.3 is 9.47 Å². The number of allylic oxidation sites excluding steroid dienone is 1. The van der Waals surface area contributed by atoms with Gasteiger partial charge in [0.1, 0.15) is 0 Å². The zero-order valence-corrected chi connectivity index (χ0v) is 38.5. The average Bonchev–Trinajstić information content (AvgIpc) is 3.84. The van der Waals surface area contributed by atoms with Gasteiger partial charge in [0.05, 0.1) is 11.2 Å². The quantitative estimate of drug-likeness (QED) is 0.145. The Bertz CT molecular complexity index is 3790. The second kappa shape index (κ2) is 15.6. The highest BCUT2D eigenvalue weighted by molar-refractivity contribution is 6.12. The highest BCUT2D eigenvalue weighted by Gasteiger charge is 2.36. The van der Waals surface area contributed by atoms with Crippen molar-refractivity contribution in [3.63, 3.8) is 0 Å². The van der Waals surface area contributed by atoms with Crippen LogP contribution >= 0.6 is 0 Å². The van der Waals surface area contributed by atoms with Crippen LogP contribution in [0, 0.1) is 18.1 Å². The van der Waals surface area contributed by atoms with Gasteiger partial charge in [-0.1, -0.05) is 185 Å². The molecule has 1 atom stereocenters. The van der Waals surface area contributed by atoms with E-state index in [1.807, 2.05) is 0 Å². The van der Waals surface area contributed by atoms with Crippen molar-refractivity contribution < 1.29 is 0 Å². The third-order valence-corrected chi connectivity index (χ3v) is 14.9. The molecule has 0 saturated carbocycles. The molecule has 0 amide bonds. The minimum atomic E-state index is -0.0805. The molecule has 10 aromatic carbocycles. The van der Waals surface area contributed by atoms with Crippen LogP contribution in [0.4, 0.5) is 17.1 Å². The molecule has 0 radical (unpaired) electrons. The second-order valence-corrected chi connectivity index (χ2v) is 19.2. The van der Waals surface area contributed by atoms with Gasteiger partial charge in [-0.25, -0.2) is 0 Å². The standard InChI is InChI=1S/C66H48N2/c1-43-40-64-60(57-22-10-12-29-63(57)68(64)48-18-5-4-6-19-48)42-59(43)46-32-37-50(38-33-46)67(49-35-30-45(31-36-49)53-24-14-26-55-52-21-8-7-16-44(52)34-39-56(53)55)51-20-13-17-47(41-51)54-25-15-28-62-65(54)58-23-9-11-27-61(58)66(62,2)3/h4-32,34-37,39,41-43H,40H2,1-3H3. The first-order valence-electron chi connectivity index (χ1n) is 23.9. The molecule has 1 unspecified atom stereocenters. The Labute approximate surface area is 398 Å². The van der Waals surface area contributed by atoms with Crippen LogP contribution in [0.15, 0.2) is 212 Å². The summed E-state index contributed by atoms with van der Waals surface area (Å²) in [6, 6.07) is 85.2. The van der Waals surface area contributed by atoms with Crippen LogP contribution in [0.2, 0.25) is 0 Å². The molecular weight excluding hydrogens is 821 g/mol. The van der Waals surface area contributed by atoms with Crippen molar-refractivity contribution >= 4 is 61.2 Å². The van der Waals surface area contributed by atoms with Crippen LogP contribution < -0.4 is 4.90 Å². The molecule has 0 bridgehead atoms. The monoisotopic (exact) mass is 868 g/mol. The second-order valence-electron chi connectivity index (χ2n) is 19.2. The van der Waals surface area contributed by atoms with Crippen LogP contribution in [0.1, 0.15) is 48.7 Å². The van der Waals surface area contributed by atoms with Gasteiger partial charge in [-0.15, -0.1) is 0 Å². The topological polar surface area (TPSA) is 8.17 Å². The molecule has 11 aromatic rings. The predicted molar refractivity (Wildman–Crippen MR) is 286 cm³/mol. The lowest BCUT2D eigenvalue weighted by Gasteiger charge is -2.26. The molecule has 0 spiro atoms. The molecule has 0 aliphatic heterocycles. The van der Waals surface area contributed by atoms with E-state index in [0.29, 0.717) is 5.92 Å². The number of benzene rings is 9. The summed E-state index contributed by atoms with van der Waals surface area (Å²) in [4.78, 5) is 2.34. The van der Waals surface area contributed by atoms with E-state index in [-0.39, 0.29) is 5.41 Å². The highest BCUT2D eigenvalue weighted by atomic mass is 15.1. The third kappa shape index (κ3) is 6.27. The predicted octanol–water partition coefficient (Wildman–Crippen LogP) is 17.4. The van der Waals surface area contributed by atoms with Gasteiger partial charge >= 0.3 is 0 Å². The van der Waals surface area contributed by atoms with Gasteiger partial charge in [0, 0.05) is 44.7 Å². The molecule has 322 valence electrons. The van der Waals surface area contributed by atoms with Crippen LogP contribution in [0.25, 0.3) is 83.2 Å². The van der Waals surface area contributed by atoms with Crippen molar-refractivity contribution in [2.75, 3.05) is 4.90 Å². The van der Waals surface area contributed by atoms with Gasteiger partial charge in [-0.3, -0.25) is 0 Å². The van der Waals surface area contributed by atoms with Crippen LogP contribution in [-0.2, 0) is 11.8 Å². The molecule has 68 heavy (non-hydrogen) atoms. The lowest BCUT2D eigenvalue weighted by molar-refractivity contribution is 0.660. The van der Waals surface area contributed by atoms with Crippen molar-refractivity contribution in [3.8, 4) is 39.1 Å². The Morgan fingerprint density at radius 2 is 1.22 bits per heavy atom. The Morgan fingerprint density at radius 1 is 0.515 bits per heavy atom. The van der Waals surface area contributed by atoms with E-state index in [1.165, 1.54) is 99.5 Å². The summed E-state index contributed by atoms with van der Waals surface area (Å²) in [5, 5.41) is 6.34. The fourth-order valence-corrected chi connectivity index (χ4v) is 11.6. The number of para-hydroxylation sites is 2. The summed E-state index contributed by atoms with van der Waals surface area (Å²) >= 11 is 0. The number of nitrogens with zero attached hydrogens (tertiary/aromatic N) is 2. The van der Waals surface area contributed by atoms with Crippen LogP contribution in [0.5, 0.6) is 0 Å². The third-order valence-electron chi connectivity index (χ3n) is 14.9. The lowest BCUT2D eigenvalue weighted by atomic mass is 9.82. The van der Waals surface area contributed by atoms with Gasteiger partial charge in [0.25, 0.3) is 0 Å². The maximum Gasteiger partial charge on any atom is 0.0973 e. The average molecular weight is 869 g/mol. The first-order chi connectivity index (χ1) is 33.4. The molecule has 2 nitrogen and oxygen atoms in total. The first kappa shape index (κ1) is 39.9. The van der Waals surface area contributed by atoms with Gasteiger partial charge in [0.15, 0.2) is 0 Å². The van der Waals surface area contributed by atoms with E-state index in [9.17, 15) is 0 Å². The van der Waals surface area contributed by atoms with Crippen molar-refractivity contribution in [3.05, 3.63) is 252 Å². The fraction of sp³-hybridized carbons (Fsp3) is 0.0909. The highest BCUT2D eigenvalue weighted by Crippen LogP contribution is 2.52. The summed E-state index contributed by atoms with van der Waals surface area (Å²) in [7, 11) is 0. The van der Waals surface area contributed by atoms with Crippen LogP contribution in [0.3, 0.4) is 0 Å². The summed E-state index contributed by atoms with van der Waals surface area (Å²) in [5.41, 5.74) is 20.7. The Kier molecular flexibility index (Phi) is 9.18. The van der Waals surface area contributed by atoms with Crippen molar-refractivity contribution in [1.82, 2.24) is 4.57 Å². The minimum absolute atomic E-state index is 0.0805. The molecule has 0 saturated heterocycles. The number of rotatable bonds is 7. The molecule has 2 aliphatic rings. The van der Waals surface area contributed by atoms with E-state index in [1.54, 1.807) is 0 Å².